The minimum absolute atomic E-state index is 0.0205. The maximum atomic E-state index is 12.8. The first-order chi connectivity index (χ1) is 11.6. The summed E-state index contributed by atoms with van der Waals surface area (Å²) in [6.45, 7) is 4.39. The number of carbonyl (C=O) groups is 1. The second-order valence-corrected chi connectivity index (χ2v) is 6.64. The largest absolute Gasteiger partial charge is 0.399 e. The maximum absolute atomic E-state index is 12.8. The molecule has 1 amide bonds. The Morgan fingerprint density at radius 2 is 1.71 bits per heavy atom. The molecular weight excluding hydrogens is 298 g/mol. The van der Waals surface area contributed by atoms with Crippen molar-refractivity contribution >= 4 is 23.0 Å². The molecule has 4 heteroatoms. The summed E-state index contributed by atoms with van der Waals surface area (Å²) in [4.78, 5) is 16.9. The van der Waals surface area contributed by atoms with Gasteiger partial charge in [0, 0.05) is 31.4 Å². The number of hydrogen-bond acceptors (Lipinski definition) is 3. The summed E-state index contributed by atoms with van der Waals surface area (Å²) in [6.07, 6.45) is 2.40. The van der Waals surface area contributed by atoms with Crippen LogP contribution in [-0.4, -0.2) is 26.0 Å². The van der Waals surface area contributed by atoms with E-state index in [4.69, 9.17) is 5.73 Å². The van der Waals surface area contributed by atoms with Gasteiger partial charge in [0.2, 0.25) is 0 Å². The van der Waals surface area contributed by atoms with Crippen LogP contribution in [0.5, 0.6) is 0 Å². The normalized spacial score (nSPS) is 15.3. The Morgan fingerprint density at radius 3 is 2.38 bits per heavy atom. The van der Waals surface area contributed by atoms with Gasteiger partial charge in [0.05, 0.1) is 11.4 Å². The topological polar surface area (TPSA) is 49.6 Å². The smallest absolute Gasteiger partial charge is 0.258 e. The molecule has 0 unspecified atom stereocenters. The van der Waals surface area contributed by atoms with Crippen molar-refractivity contribution in [3.05, 3.63) is 54.1 Å². The van der Waals surface area contributed by atoms with Crippen molar-refractivity contribution in [2.45, 2.75) is 19.8 Å². The van der Waals surface area contributed by atoms with E-state index in [0.29, 0.717) is 11.3 Å². The third-order valence-electron chi connectivity index (χ3n) is 4.83. The summed E-state index contributed by atoms with van der Waals surface area (Å²) in [5, 5.41) is 0. The lowest BCUT2D eigenvalue weighted by Crippen LogP contribution is -2.35. The van der Waals surface area contributed by atoms with Crippen LogP contribution in [-0.2, 0) is 0 Å². The number of nitrogens with two attached hydrogens (primary N) is 1. The number of piperidine rings is 1. The van der Waals surface area contributed by atoms with E-state index in [1.807, 2.05) is 25.2 Å². The molecule has 2 aromatic rings. The van der Waals surface area contributed by atoms with Gasteiger partial charge in [-0.2, -0.15) is 0 Å². The Balaban J connectivity index is 1.86. The molecular formula is C20H25N3O. The van der Waals surface area contributed by atoms with Crippen molar-refractivity contribution in [2.75, 3.05) is 35.7 Å². The number of nitrogens with zero attached hydrogens (tertiary/aromatic N) is 2. The van der Waals surface area contributed by atoms with Crippen LogP contribution >= 0.6 is 0 Å². The molecule has 0 radical (unpaired) electrons. The first-order valence-corrected chi connectivity index (χ1v) is 8.54. The number of anilines is 3. The van der Waals surface area contributed by atoms with Gasteiger partial charge < -0.3 is 15.5 Å². The minimum Gasteiger partial charge on any atom is -0.399 e. The first kappa shape index (κ1) is 16.4. The highest BCUT2D eigenvalue weighted by Crippen LogP contribution is 2.32. The number of rotatable bonds is 3. The van der Waals surface area contributed by atoms with Gasteiger partial charge in [-0.1, -0.05) is 19.1 Å². The Hall–Kier alpha value is -2.49. The zero-order valence-electron chi connectivity index (χ0n) is 14.4. The molecule has 24 heavy (non-hydrogen) atoms. The SMILES string of the molecule is CC1CCN(c2ccccc2N(C)C(=O)c2ccc(N)cc2)CC1. The van der Waals surface area contributed by atoms with Crippen molar-refractivity contribution in [1.82, 2.24) is 0 Å². The fraction of sp³-hybridized carbons (Fsp3) is 0.350. The van der Waals surface area contributed by atoms with Gasteiger partial charge in [0.15, 0.2) is 0 Å². The minimum atomic E-state index is -0.0205. The summed E-state index contributed by atoms with van der Waals surface area (Å²) in [5.41, 5.74) is 9.11. The molecule has 4 nitrogen and oxygen atoms in total. The van der Waals surface area contributed by atoms with Crippen LogP contribution < -0.4 is 15.5 Å². The first-order valence-electron chi connectivity index (χ1n) is 8.54. The summed E-state index contributed by atoms with van der Waals surface area (Å²) in [5.74, 6) is 0.760. The molecule has 1 heterocycles. The van der Waals surface area contributed by atoms with Crippen molar-refractivity contribution in [2.24, 2.45) is 5.92 Å². The molecule has 0 aromatic heterocycles. The summed E-state index contributed by atoms with van der Waals surface area (Å²) < 4.78 is 0. The molecule has 0 bridgehead atoms. The Labute approximate surface area is 143 Å². The number of carbonyl (C=O) groups excluding carboxylic acids is 1. The lowest BCUT2D eigenvalue weighted by atomic mass is 9.98. The van der Waals surface area contributed by atoms with Gasteiger partial charge >= 0.3 is 0 Å². The van der Waals surface area contributed by atoms with Crippen molar-refractivity contribution in [3.8, 4) is 0 Å². The lowest BCUT2D eigenvalue weighted by molar-refractivity contribution is 0.0993. The van der Waals surface area contributed by atoms with Crippen LogP contribution in [0.1, 0.15) is 30.1 Å². The number of para-hydroxylation sites is 2. The summed E-state index contributed by atoms with van der Waals surface area (Å²) in [7, 11) is 1.84. The Morgan fingerprint density at radius 1 is 1.08 bits per heavy atom. The van der Waals surface area contributed by atoms with Crippen LogP contribution in [0.3, 0.4) is 0 Å². The number of benzene rings is 2. The average molecular weight is 323 g/mol. The van der Waals surface area contributed by atoms with E-state index in [-0.39, 0.29) is 5.91 Å². The van der Waals surface area contributed by atoms with E-state index < -0.39 is 0 Å². The van der Waals surface area contributed by atoms with E-state index in [1.54, 1.807) is 29.2 Å². The fourth-order valence-corrected chi connectivity index (χ4v) is 3.19. The van der Waals surface area contributed by atoms with Crippen LogP contribution in [0.4, 0.5) is 17.1 Å². The molecule has 1 fully saturated rings. The quantitative estimate of drug-likeness (QED) is 0.875. The van der Waals surface area contributed by atoms with Crippen LogP contribution in [0.15, 0.2) is 48.5 Å². The van der Waals surface area contributed by atoms with E-state index in [9.17, 15) is 4.79 Å². The number of amides is 1. The third kappa shape index (κ3) is 3.37. The van der Waals surface area contributed by atoms with Gasteiger partial charge in [-0.05, 0) is 55.2 Å². The zero-order valence-corrected chi connectivity index (χ0v) is 14.4. The van der Waals surface area contributed by atoms with E-state index >= 15 is 0 Å². The van der Waals surface area contributed by atoms with Gasteiger partial charge in [-0.15, -0.1) is 0 Å². The molecule has 0 saturated carbocycles. The molecule has 1 aliphatic heterocycles. The average Bonchev–Trinajstić information content (AvgIpc) is 2.62. The molecule has 0 spiro atoms. The van der Waals surface area contributed by atoms with Crippen molar-refractivity contribution < 1.29 is 4.79 Å². The van der Waals surface area contributed by atoms with Crippen molar-refractivity contribution in [1.29, 1.82) is 0 Å². The molecule has 126 valence electrons. The van der Waals surface area contributed by atoms with E-state index in [2.05, 4.69) is 17.9 Å². The highest BCUT2D eigenvalue weighted by Gasteiger charge is 2.22. The maximum Gasteiger partial charge on any atom is 0.258 e. The second kappa shape index (κ2) is 6.95. The predicted molar refractivity (Wildman–Crippen MR) is 101 cm³/mol. The van der Waals surface area contributed by atoms with Gasteiger partial charge in [0.1, 0.15) is 0 Å². The Bertz CT molecular complexity index is 703. The van der Waals surface area contributed by atoms with Gasteiger partial charge in [-0.3, -0.25) is 4.79 Å². The lowest BCUT2D eigenvalue weighted by Gasteiger charge is -2.34. The summed E-state index contributed by atoms with van der Waals surface area (Å²) in [6, 6.07) is 15.2. The van der Waals surface area contributed by atoms with E-state index in [0.717, 1.165) is 30.4 Å². The third-order valence-corrected chi connectivity index (χ3v) is 4.83. The van der Waals surface area contributed by atoms with Crippen LogP contribution in [0.25, 0.3) is 0 Å². The molecule has 1 aliphatic rings. The Kier molecular flexibility index (Phi) is 4.74. The van der Waals surface area contributed by atoms with Gasteiger partial charge in [-0.25, -0.2) is 0 Å². The monoisotopic (exact) mass is 323 g/mol. The molecule has 0 atom stereocenters. The number of hydrogen-bond donors (Lipinski definition) is 1. The highest BCUT2D eigenvalue weighted by molar-refractivity contribution is 6.07. The molecule has 1 saturated heterocycles. The predicted octanol–water partition coefficient (Wildman–Crippen LogP) is 3.78. The van der Waals surface area contributed by atoms with Crippen LogP contribution in [0, 0.1) is 5.92 Å². The zero-order chi connectivity index (χ0) is 17.1. The molecule has 0 aliphatic carbocycles. The van der Waals surface area contributed by atoms with E-state index in [1.165, 1.54) is 12.8 Å². The number of nitrogen functional groups attached to an aromatic ring is 1. The van der Waals surface area contributed by atoms with Gasteiger partial charge in [0.25, 0.3) is 5.91 Å². The second-order valence-electron chi connectivity index (χ2n) is 6.64. The molecule has 3 rings (SSSR count). The van der Waals surface area contributed by atoms with Crippen molar-refractivity contribution in [3.63, 3.8) is 0 Å². The van der Waals surface area contributed by atoms with Crippen LogP contribution in [0.2, 0.25) is 0 Å². The molecule has 2 N–H and O–H groups in total. The molecule has 2 aromatic carbocycles. The highest BCUT2D eigenvalue weighted by atomic mass is 16.2. The standard InChI is InChI=1S/C20H25N3O/c1-15-11-13-23(14-12-15)19-6-4-3-5-18(19)22(2)20(24)16-7-9-17(21)10-8-16/h3-10,15H,11-14,21H2,1-2H3. The fourth-order valence-electron chi connectivity index (χ4n) is 3.19. The summed E-state index contributed by atoms with van der Waals surface area (Å²) >= 11 is 0.